The number of para-hydroxylation sites is 1. The van der Waals surface area contributed by atoms with Crippen LogP contribution in [0.1, 0.15) is 44.0 Å². The van der Waals surface area contributed by atoms with E-state index in [4.69, 9.17) is 0 Å². The Morgan fingerprint density at radius 3 is 2.29 bits per heavy atom. The standard InChI is InChI=1S/C16H24N2O3/c1-5-16(6-2,11-19)17-15(21)13-9-7-8-10-14(13)18(4)12(3)20/h7-10,19H,5-6,11H2,1-4H3,(H,17,21). The summed E-state index contributed by atoms with van der Waals surface area (Å²) >= 11 is 0. The van der Waals surface area contributed by atoms with Crippen molar-refractivity contribution in [3.8, 4) is 0 Å². The van der Waals surface area contributed by atoms with Gasteiger partial charge in [0.25, 0.3) is 5.91 Å². The van der Waals surface area contributed by atoms with E-state index >= 15 is 0 Å². The predicted octanol–water partition coefficient (Wildman–Crippen LogP) is 1.95. The van der Waals surface area contributed by atoms with E-state index in [2.05, 4.69) is 5.32 Å². The van der Waals surface area contributed by atoms with Crippen LogP contribution in [0.2, 0.25) is 0 Å². The van der Waals surface area contributed by atoms with Crippen LogP contribution in [0, 0.1) is 0 Å². The lowest BCUT2D eigenvalue weighted by atomic mass is 9.93. The number of anilines is 1. The molecule has 2 amide bonds. The van der Waals surface area contributed by atoms with E-state index in [0.717, 1.165) is 0 Å². The fourth-order valence-corrected chi connectivity index (χ4v) is 2.13. The maximum atomic E-state index is 12.5. The minimum atomic E-state index is -0.626. The number of amides is 2. The van der Waals surface area contributed by atoms with E-state index in [-0.39, 0.29) is 18.4 Å². The molecule has 1 aromatic rings. The average Bonchev–Trinajstić information content (AvgIpc) is 2.51. The van der Waals surface area contributed by atoms with E-state index in [9.17, 15) is 14.7 Å². The fourth-order valence-electron chi connectivity index (χ4n) is 2.13. The van der Waals surface area contributed by atoms with Crippen molar-refractivity contribution in [2.75, 3.05) is 18.6 Å². The quantitative estimate of drug-likeness (QED) is 0.842. The van der Waals surface area contributed by atoms with Gasteiger partial charge in [0.05, 0.1) is 23.4 Å². The highest BCUT2D eigenvalue weighted by Crippen LogP contribution is 2.22. The lowest BCUT2D eigenvalue weighted by Gasteiger charge is -2.31. The predicted molar refractivity (Wildman–Crippen MR) is 83.4 cm³/mol. The van der Waals surface area contributed by atoms with E-state index in [1.54, 1.807) is 31.3 Å². The van der Waals surface area contributed by atoms with Gasteiger partial charge in [-0.3, -0.25) is 9.59 Å². The molecule has 0 aliphatic carbocycles. The summed E-state index contributed by atoms with van der Waals surface area (Å²) in [4.78, 5) is 25.5. The van der Waals surface area contributed by atoms with E-state index < -0.39 is 5.54 Å². The summed E-state index contributed by atoms with van der Waals surface area (Å²) in [5.74, 6) is -0.425. The number of aliphatic hydroxyl groups is 1. The molecule has 0 aliphatic heterocycles. The second-order valence-electron chi connectivity index (χ2n) is 5.19. The molecule has 0 bridgehead atoms. The van der Waals surface area contributed by atoms with Gasteiger partial charge in [0, 0.05) is 14.0 Å². The Hall–Kier alpha value is -1.88. The lowest BCUT2D eigenvalue weighted by Crippen LogP contribution is -2.50. The Morgan fingerprint density at radius 1 is 1.24 bits per heavy atom. The number of hydrogen-bond donors (Lipinski definition) is 2. The first-order valence-corrected chi connectivity index (χ1v) is 7.17. The van der Waals surface area contributed by atoms with Gasteiger partial charge in [-0.05, 0) is 25.0 Å². The Kier molecular flexibility index (Phi) is 5.90. The summed E-state index contributed by atoms with van der Waals surface area (Å²) in [7, 11) is 1.63. The third-order valence-corrected chi connectivity index (χ3v) is 4.02. The minimum absolute atomic E-state index is 0.115. The molecule has 0 radical (unpaired) electrons. The molecular formula is C16H24N2O3. The first kappa shape index (κ1) is 17.2. The molecule has 1 rings (SSSR count). The third kappa shape index (κ3) is 3.82. The van der Waals surface area contributed by atoms with E-state index in [0.29, 0.717) is 24.1 Å². The molecule has 5 heteroatoms. The van der Waals surface area contributed by atoms with Crippen molar-refractivity contribution in [2.24, 2.45) is 0 Å². The van der Waals surface area contributed by atoms with Gasteiger partial charge in [-0.2, -0.15) is 0 Å². The maximum absolute atomic E-state index is 12.5. The molecule has 0 aromatic heterocycles. The van der Waals surface area contributed by atoms with Crippen LogP contribution >= 0.6 is 0 Å². The van der Waals surface area contributed by atoms with Crippen LogP contribution in [0.4, 0.5) is 5.69 Å². The van der Waals surface area contributed by atoms with Crippen LogP contribution in [0.15, 0.2) is 24.3 Å². The van der Waals surface area contributed by atoms with E-state index in [1.165, 1.54) is 11.8 Å². The van der Waals surface area contributed by atoms with Crippen molar-refractivity contribution in [3.63, 3.8) is 0 Å². The highest BCUT2D eigenvalue weighted by Gasteiger charge is 2.28. The van der Waals surface area contributed by atoms with E-state index in [1.807, 2.05) is 13.8 Å². The van der Waals surface area contributed by atoms with Gasteiger partial charge < -0.3 is 15.3 Å². The largest absolute Gasteiger partial charge is 0.394 e. The molecule has 0 heterocycles. The molecule has 21 heavy (non-hydrogen) atoms. The highest BCUT2D eigenvalue weighted by molar-refractivity contribution is 6.04. The summed E-state index contributed by atoms with van der Waals surface area (Å²) in [6.07, 6.45) is 1.27. The summed E-state index contributed by atoms with van der Waals surface area (Å²) < 4.78 is 0. The zero-order valence-electron chi connectivity index (χ0n) is 13.1. The Bertz CT molecular complexity index is 502. The Balaban J connectivity index is 3.11. The molecule has 5 nitrogen and oxygen atoms in total. The SMILES string of the molecule is CCC(CC)(CO)NC(=O)c1ccccc1N(C)C(C)=O. The van der Waals surface area contributed by atoms with Gasteiger partial charge in [-0.25, -0.2) is 0 Å². The first-order valence-electron chi connectivity index (χ1n) is 7.17. The molecule has 2 N–H and O–H groups in total. The van der Waals surface area contributed by atoms with Crippen LogP contribution in [0.25, 0.3) is 0 Å². The monoisotopic (exact) mass is 292 g/mol. The van der Waals surface area contributed by atoms with Crippen LogP contribution in [0.3, 0.4) is 0 Å². The van der Waals surface area contributed by atoms with Gasteiger partial charge in [-0.15, -0.1) is 0 Å². The number of carbonyl (C=O) groups is 2. The van der Waals surface area contributed by atoms with Gasteiger partial charge in [0.15, 0.2) is 0 Å². The minimum Gasteiger partial charge on any atom is -0.394 e. The smallest absolute Gasteiger partial charge is 0.253 e. The number of nitrogens with one attached hydrogen (secondary N) is 1. The Labute approximate surface area is 126 Å². The summed E-state index contributed by atoms with van der Waals surface area (Å²) in [5, 5.41) is 12.5. The first-order chi connectivity index (χ1) is 9.90. The van der Waals surface area contributed by atoms with Crippen LogP contribution in [-0.4, -0.2) is 36.1 Å². The molecular weight excluding hydrogens is 268 g/mol. The highest BCUT2D eigenvalue weighted by atomic mass is 16.3. The van der Waals surface area contributed by atoms with Gasteiger partial charge >= 0.3 is 0 Å². The zero-order chi connectivity index (χ0) is 16.0. The molecule has 0 saturated carbocycles. The molecule has 116 valence electrons. The molecule has 0 aliphatic rings. The summed E-state index contributed by atoms with van der Waals surface area (Å²) in [5.41, 5.74) is 0.357. The number of hydrogen-bond acceptors (Lipinski definition) is 3. The van der Waals surface area contributed by atoms with Crippen LogP contribution in [0.5, 0.6) is 0 Å². The summed E-state index contributed by atoms with van der Waals surface area (Å²) in [6, 6.07) is 6.95. The number of rotatable bonds is 6. The molecule has 0 fully saturated rings. The van der Waals surface area contributed by atoms with Gasteiger partial charge in [0.1, 0.15) is 0 Å². The van der Waals surface area contributed by atoms with Crippen LogP contribution in [-0.2, 0) is 4.79 Å². The van der Waals surface area contributed by atoms with Crippen LogP contribution < -0.4 is 10.2 Å². The topological polar surface area (TPSA) is 69.6 Å². The third-order valence-electron chi connectivity index (χ3n) is 4.02. The maximum Gasteiger partial charge on any atom is 0.253 e. The van der Waals surface area contributed by atoms with Crippen molar-refractivity contribution < 1.29 is 14.7 Å². The van der Waals surface area contributed by atoms with Crippen molar-refractivity contribution in [3.05, 3.63) is 29.8 Å². The van der Waals surface area contributed by atoms with Crippen molar-refractivity contribution in [1.82, 2.24) is 5.32 Å². The molecule has 0 atom stereocenters. The number of benzene rings is 1. The van der Waals surface area contributed by atoms with Gasteiger partial charge in [0.2, 0.25) is 5.91 Å². The molecule has 0 saturated heterocycles. The van der Waals surface area contributed by atoms with Crippen molar-refractivity contribution >= 4 is 17.5 Å². The zero-order valence-corrected chi connectivity index (χ0v) is 13.1. The lowest BCUT2D eigenvalue weighted by molar-refractivity contribution is -0.116. The average molecular weight is 292 g/mol. The molecule has 0 spiro atoms. The van der Waals surface area contributed by atoms with Gasteiger partial charge in [-0.1, -0.05) is 26.0 Å². The fraction of sp³-hybridized carbons (Fsp3) is 0.500. The molecule has 0 unspecified atom stereocenters. The van der Waals surface area contributed by atoms with Crippen molar-refractivity contribution in [1.29, 1.82) is 0 Å². The normalized spacial score (nSPS) is 11.1. The number of aliphatic hydroxyl groups excluding tert-OH is 1. The number of nitrogens with zero attached hydrogens (tertiary/aromatic N) is 1. The second kappa shape index (κ2) is 7.22. The molecule has 1 aromatic carbocycles. The second-order valence-corrected chi connectivity index (χ2v) is 5.19. The Morgan fingerprint density at radius 2 is 1.81 bits per heavy atom. The van der Waals surface area contributed by atoms with Crippen molar-refractivity contribution in [2.45, 2.75) is 39.2 Å². The summed E-state index contributed by atoms with van der Waals surface area (Å²) in [6.45, 7) is 5.18. The number of carbonyl (C=O) groups excluding carboxylic acids is 2.